The molecule has 4 rings (SSSR count). The van der Waals surface area contributed by atoms with Crippen LogP contribution in [0.4, 0.5) is 5.69 Å². The monoisotopic (exact) mass is 528 g/mol. The fourth-order valence-corrected chi connectivity index (χ4v) is 5.28. The number of nitrogens with zero attached hydrogens (tertiary/aromatic N) is 2. The van der Waals surface area contributed by atoms with Crippen molar-refractivity contribution in [3.05, 3.63) is 89.0 Å². The summed E-state index contributed by atoms with van der Waals surface area (Å²) in [5.41, 5.74) is 6.82. The van der Waals surface area contributed by atoms with Crippen molar-refractivity contribution in [2.75, 3.05) is 39.2 Å². The highest BCUT2D eigenvalue weighted by Gasteiger charge is 2.21. The summed E-state index contributed by atoms with van der Waals surface area (Å²) in [6.45, 7) is 12.0. The molecule has 0 fully saturated rings. The maximum absolute atomic E-state index is 9.25. The molecule has 1 unspecified atom stereocenters. The van der Waals surface area contributed by atoms with Gasteiger partial charge >= 0.3 is 0 Å². The van der Waals surface area contributed by atoms with Gasteiger partial charge in [-0.3, -0.25) is 0 Å². The van der Waals surface area contributed by atoms with Crippen LogP contribution in [0.2, 0.25) is 0 Å². The van der Waals surface area contributed by atoms with Gasteiger partial charge < -0.3 is 19.6 Å². The van der Waals surface area contributed by atoms with Gasteiger partial charge in [-0.15, -0.1) is 12.8 Å². The van der Waals surface area contributed by atoms with E-state index in [2.05, 4.69) is 107 Å². The molecular formula is C35H48N2O2. The zero-order valence-electron chi connectivity index (χ0n) is 25.1. The number of hydrogen-bond donors (Lipinski definition) is 1. The van der Waals surface area contributed by atoms with Gasteiger partial charge in [0, 0.05) is 36.8 Å². The maximum Gasteiger partial charge on any atom is 0.120 e. The number of phenols is 1. The minimum absolute atomic E-state index is 0.152. The molecule has 39 heavy (non-hydrogen) atoms. The van der Waals surface area contributed by atoms with Crippen molar-refractivity contribution < 1.29 is 9.84 Å². The molecule has 210 valence electrons. The number of aromatic hydroxyl groups is 1. The summed E-state index contributed by atoms with van der Waals surface area (Å²) in [6, 6.07) is 23.1. The number of hydrogen-bond acceptors (Lipinski definition) is 4. The quantitative estimate of drug-likeness (QED) is 0.311. The second kappa shape index (κ2) is 15.2. The molecule has 1 aliphatic carbocycles. The Morgan fingerprint density at radius 2 is 1.67 bits per heavy atom. The van der Waals surface area contributed by atoms with Crippen LogP contribution in [0.3, 0.4) is 0 Å². The van der Waals surface area contributed by atoms with E-state index in [0.29, 0.717) is 5.75 Å². The van der Waals surface area contributed by atoms with Crippen molar-refractivity contribution in [2.45, 2.75) is 58.9 Å². The number of ether oxygens (including phenoxy) is 1. The van der Waals surface area contributed by atoms with Gasteiger partial charge in [0.1, 0.15) is 11.5 Å². The Morgan fingerprint density at radius 3 is 2.28 bits per heavy atom. The van der Waals surface area contributed by atoms with Crippen molar-refractivity contribution in [3.63, 3.8) is 0 Å². The van der Waals surface area contributed by atoms with Gasteiger partial charge in [-0.2, -0.15) is 0 Å². The normalized spacial score (nSPS) is 14.3. The van der Waals surface area contributed by atoms with Crippen LogP contribution in [-0.2, 0) is 24.8 Å². The number of anilines is 1. The van der Waals surface area contributed by atoms with Gasteiger partial charge in [0.25, 0.3) is 0 Å². The number of fused-ring (bicyclic) bond motifs is 1. The first-order valence-corrected chi connectivity index (χ1v) is 13.9. The molecule has 0 aliphatic heterocycles. The summed E-state index contributed by atoms with van der Waals surface area (Å²) in [5.74, 6) is 2.11. The Bertz CT molecular complexity index is 1160. The van der Waals surface area contributed by atoms with Crippen LogP contribution in [0.15, 0.2) is 66.7 Å². The topological polar surface area (TPSA) is 35.9 Å². The van der Waals surface area contributed by atoms with E-state index < -0.39 is 0 Å². The highest BCUT2D eigenvalue weighted by Crippen LogP contribution is 2.28. The summed E-state index contributed by atoms with van der Waals surface area (Å²) in [6.07, 6.45) is 11.6. The smallest absolute Gasteiger partial charge is 0.120 e. The van der Waals surface area contributed by atoms with Gasteiger partial charge in [0.05, 0.1) is 7.11 Å². The fraction of sp³-hybridized carbons (Fsp3) is 0.429. The number of phenolic OH excluding ortho intramolecular Hbond substituents is 1. The Kier molecular flexibility index (Phi) is 12.4. The van der Waals surface area contributed by atoms with Crippen LogP contribution in [0.5, 0.6) is 11.5 Å². The van der Waals surface area contributed by atoms with Gasteiger partial charge in [-0.05, 0) is 92.7 Å². The molecule has 0 amide bonds. The van der Waals surface area contributed by atoms with E-state index in [4.69, 9.17) is 4.74 Å². The lowest BCUT2D eigenvalue weighted by molar-refractivity contribution is 0.315. The Morgan fingerprint density at radius 1 is 0.974 bits per heavy atom. The Labute approximate surface area is 237 Å². The minimum Gasteiger partial charge on any atom is -0.508 e. The first kappa shape index (κ1) is 31.8. The Balaban J connectivity index is 0.000000315. The number of rotatable bonds is 8. The predicted molar refractivity (Wildman–Crippen MR) is 167 cm³/mol. The molecule has 4 heteroatoms. The summed E-state index contributed by atoms with van der Waals surface area (Å²) < 4.78 is 5.35. The van der Waals surface area contributed by atoms with Crippen LogP contribution in [0.1, 0.15) is 56.4 Å². The third-order valence-corrected chi connectivity index (χ3v) is 7.29. The molecule has 4 nitrogen and oxygen atoms in total. The van der Waals surface area contributed by atoms with E-state index in [1.54, 1.807) is 13.2 Å². The van der Waals surface area contributed by atoms with Gasteiger partial charge in [-0.1, -0.05) is 57.2 Å². The molecule has 0 spiro atoms. The number of benzene rings is 3. The van der Waals surface area contributed by atoms with Crippen molar-refractivity contribution in [3.8, 4) is 24.3 Å². The average molecular weight is 529 g/mol. The summed E-state index contributed by atoms with van der Waals surface area (Å²) in [4.78, 5) is 4.61. The largest absolute Gasteiger partial charge is 0.508 e. The third kappa shape index (κ3) is 9.68. The highest BCUT2D eigenvalue weighted by molar-refractivity contribution is 5.51. The van der Waals surface area contributed by atoms with E-state index >= 15 is 0 Å². The summed E-state index contributed by atoms with van der Waals surface area (Å²) in [5, 5.41) is 9.25. The zero-order valence-corrected chi connectivity index (χ0v) is 25.1. The molecule has 1 N–H and O–H groups in total. The predicted octanol–water partition coefficient (Wildman–Crippen LogP) is 7.33. The van der Waals surface area contributed by atoms with E-state index in [-0.39, 0.29) is 5.41 Å². The third-order valence-electron chi connectivity index (χ3n) is 7.29. The average Bonchev–Trinajstić information content (AvgIpc) is 2.93. The Hall–Kier alpha value is -3.42. The summed E-state index contributed by atoms with van der Waals surface area (Å²) in [7, 11) is 5.97. The van der Waals surface area contributed by atoms with Crippen LogP contribution < -0.4 is 9.64 Å². The first-order valence-electron chi connectivity index (χ1n) is 13.9. The molecular weight excluding hydrogens is 480 g/mol. The van der Waals surface area contributed by atoms with Crippen LogP contribution in [0, 0.1) is 18.8 Å². The SMILES string of the molecule is C#C.CC1CCc2cc(O)ccc2C1.CCN(Cc1ccc(C(C)(C)CN(C)C)cc1)c1cccc(OC)c1. The second-order valence-electron chi connectivity index (χ2n) is 11.3. The van der Waals surface area contributed by atoms with Gasteiger partial charge in [0.15, 0.2) is 0 Å². The fourth-order valence-electron chi connectivity index (χ4n) is 5.28. The van der Waals surface area contributed by atoms with Crippen LogP contribution in [-0.4, -0.2) is 44.3 Å². The van der Waals surface area contributed by atoms with Crippen molar-refractivity contribution in [1.29, 1.82) is 0 Å². The lowest BCUT2D eigenvalue weighted by atomic mass is 9.84. The first-order chi connectivity index (χ1) is 18.6. The standard InChI is InChI=1S/C22H32N2O.C11H14O.C2H2/c1-7-24(20-9-8-10-21(15-20)25-6)16-18-11-13-19(14-12-18)22(2,3)17-23(4)5;1-8-2-3-10-7-11(12)5-4-9(10)6-8;1-2/h8-15H,7,16-17H2,1-6H3;4-5,7-8,12H,2-3,6H2,1H3;1-2H. The molecule has 0 heterocycles. The van der Waals surface area contributed by atoms with E-state index in [0.717, 1.165) is 37.7 Å². The molecule has 0 saturated heterocycles. The molecule has 0 bridgehead atoms. The molecule has 0 radical (unpaired) electrons. The van der Waals surface area contributed by atoms with Crippen molar-refractivity contribution >= 4 is 5.69 Å². The van der Waals surface area contributed by atoms with E-state index in [1.807, 2.05) is 18.2 Å². The molecule has 1 aliphatic rings. The molecule has 0 saturated carbocycles. The number of methoxy groups -OCH3 is 1. The number of likely N-dealkylation sites (N-methyl/N-ethyl adjacent to an activating group) is 1. The zero-order chi connectivity index (χ0) is 29.0. The molecule has 1 atom stereocenters. The highest BCUT2D eigenvalue weighted by atomic mass is 16.5. The van der Waals surface area contributed by atoms with Crippen LogP contribution in [0.25, 0.3) is 0 Å². The van der Waals surface area contributed by atoms with Gasteiger partial charge in [0.2, 0.25) is 0 Å². The van der Waals surface area contributed by atoms with Gasteiger partial charge in [-0.25, -0.2) is 0 Å². The number of aryl methyl sites for hydroxylation is 1. The van der Waals surface area contributed by atoms with E-state index in [1.165, 1.54) is 40.8 Å². The summed E-state index contributed by atoms with van der Waals surface area (Å²) >= 11 is 0. The van der Waals surface area contributed by atoms with Crippen LogP contribution >= 0.6 is 0 Å². The molecule has 3 aromatic rings. The number of terminal acetylenes is 1. The lowest BCUT2D eigenvalue weighted by Gasteiger charge is -2.29. The van der Waals surface area contributed by atoms with Crippen molar-refractivity contribution in [2.24, 2.45) is 5.92 Å². The molecule has 3 aromatic carbocycles. The van der Waals surface area contributed by atoms with Crippen molar-refractivity contribution in [1.82, 2.24) is 4.90 Å². The second-order valence-corrected chi connectivity index (χ2v) is 11.3. The van der Waals surface area contributed by atoms with E-state index in [9.17, 15) is 5.11 Å². The minimum atomic E-state index is 0.152. The maximum atomic E-state index is 9.25. The molecule has 0 aromatic heterocycles. The lowest BCUT2D eigenvalue weighted by Crippen LogP contribution is -2.32.